The highest BCUT2D eigenvalue weighted by molar-refractivity contribution is 7.80. The summed E-state index contributed by atoms with van der Waals surface area (Å²) in [5, 5.41) is 3.10. The molecular formula is C6H13NS. The Kier molecular flexibility index (Phi) is 4.97. The molecule has 0 unspecified atom stereocenters. The first-order valence-corrected chi connectivity index (χ1v) is 3.41. The number of hydrogen-bond donors (Lipinski definition) is 2. The molecule has 0 amide bonds. The molecule has 48 valence electrons. The van der Waals surface area contributed by atoms with Gasteiger partial charge in [0.2, 0.25) is 0 Å². The minimum Gasteiger partial charge on any atom is -0.389 e. The normalized spacial score (nSPS) is 8.75. The molecule has 1 nitrogen and oxygen atoms in total. The van der Waals surface area contributed by atoms with Gasteiger partial charge in [-0.25, -0.2) is 0 Å². The third-order valence-electron chi connectivity index (χ3n) is 0.762. The van der Waals surface area contributed by atoms with Crippen LogP contribution in [-0.4, -0.2) is 12.3 Å². The second-order valence-corrected chi connectivity index (χ2v) is 2.23. The highest BCUT2D eigenvalue weighted by Crippen LogP contribution is 1.83. The number of rotatable bonds is 4. The first kappa shape index (κ1) is 7.89. The van der Waals surface area contributed by atoms with Crippen LogP contribution in [0.3, 0.4) is 0 Å². The molecule has 1 N–H and O–H groups in total. The zero-order valence-corrected chi connectivity index (χ0v) is 6.17. The van der Waals surface area contributed by atoms with Gasteiger partial charge in [0, 0.05) is 12.2 Å². The van der Waals surface area contributed by atoms with E-state index < -0.39 is 0 Å². The predicted octanol–water partition coefficient (Wildman–Crippen LogP) is 1.43. The van der Waals surface area contributed by atoms with Gasteiger partial charge in [-0.2, -0.15) is 12.6 Å². The van der Waals surface area contributed by atoms with E-state index in [2.05, 4.69) is 24.5 Å². The van der Waals surface area contributed by atoms with Crippen LogP contribution in [0, 0.1) is 0 Å². The summed E-state index contributed by atoms with van der Waals surface area (Å²) in [6, 6.07) is 0. The molecule has 0 aromatic carbocycles. The number of hydrogen-bond acceptors (Lipinski definition) is 2. The van der Waals surface area contributed by atoms with Crippen molar-refractivity contribution >= 4 is 12.6 Å². The molecule has 0 heterocycles. The van der Waals surface area contributed by atoms with Gasteiger partial charge in [-0.3, -0.25) is 0 Å². The lowest BCUT2D eigenvalue weighted by Crippen LogP contribution is -2.11. The van der Waals surface area contributed by atoms with E-state index in [0.29, 0.717) is 0 Å². The summed E-state index contributed by atoms with van der Waals surface area (Å²) in [5.74, 6) is 0.945. The van der Waals surface area contributed by atoms with Crippen molar-refractivity contribution in [1.29, 1.82) is 0 Å². The maximum Gasteiger partial charge on any atom is 0.0151 e. The molecule has 0 aromatic heterocycles. The minimum atomic E-state index is 0.945. The molecule has 2 heteroatoms. The lowest BCUT2D eigenvalue weighted by Gasteiger charge is -2.00. The summed E-state index contributed by atoms with van der Waals surface area (Å²) in [6.07, 6.45) is 1.11. The van der Waals surface area contributed by atoms with Crippen LogP contribution >= 0.6 is 12.6 Å². The smallest absolute Gasteiger partial charge is 0.0151 e. The first-order valence-electron chi connectivity index (χ1n) is 2.77. The monoisotopic (exact) mass is 131 g/mol. The van der Waals surface area contributed by atoms with Crippen molar-refractivity contribution in [2.45, 2.75) is 13.3 Å². The van der Waals surface area contributed by atoms with Crippen LogP contribution < -0.4 is 5.32 Å². The van der Waals surface area contributed by atoms with E-state index in [4.69, 9.17) is 0 Å². The van der Waals surface area contributed by atoms with Crippen molar-refractivity contribution in [3.63, 3.8) is 0 Å². The average molecular weight is 131 g/mol. The molecule has 0 saturated carbocycles. The Morgan fingerprint density at radius 3 is 2.75 bits per heavy atom. The molecule has 0 fully saturated rings. The molecular weight excluding hydrogens is 118 g/mol. The molecule has 0 spiro atoms. The standard InChI is InChI=1S/C6H13NS/c1-6(2)7-4-3-5-8/h7-8H,1,3-5H2,2H3. The predicted molar refractivity (Wildman–Crippen MR) is 41.3 cm³/mol. The summed E-state index contributed by atoms with van der Waals surface area (Å²) < 4.78 is 0. The van der Waals surface area contributed by atoms with Gasteiger partial charge >= 0.3 is 0 Å². The molecule has 0 atom stereocenters. The highest BCUT2D eigenvalue weighted by Gasteiger charge is 1.81. The van der Waals surface area contributed by atoms with Crippen LogP contribution in [0.1, 0.15) is 13.3 Å². The molecule has 0 aromatic rings. The molecule has 0 radical (unpaired) electrons. The third-order valence-corrected chi connectivity index (χ3v) is 1.08. The van der Waals surface area contributed by atoms with E-state index in [1.165, 1.54) is 0 Å². The van der Waals surface area contributed by atoms with E-state index in [-0.39, 0.29) is 0 Å². The van der Waals surface area contributed by atoms with Crippen LogP contribution in [0.25, 0.3) is 0 Å². The largest absolute Gasteiger partial charge is 0.389 e. The quantitative estimate of drug-likeness (QED) is 0.434. The Bertz CT molecular complexity index is 70.9. The second kappa shape index (κ2) is 5.04. The molecule has 0 bridgehead atoms. The summed E-state index contributed by atoms with van der Waals surface area (Å²) in [6.45, 7) is 6.65. The van der Waals surface area contributed by atoms with E-state index in [1.54, 1.807) is 0 Å². The fraction of sp³-hybridized carbons (Fsp3) is 0.667. The Hall–Kier alpha value is -0.110. The Balaban J connectivity index is 2.82. The van der Waals surface area contributed by atoms with Gasteiger partial charge in [0.25, 0.3) is 0 Å². The van der Waals surface area contributed by atoms with Gasteiger partial charge in [-0.1, -0.05) is 6.58 Å². The highest BCUT2D eigenvalue weighted by atomic mass is 32.1. The Morgan fingerprint density at radius 2 is 2.38 bits per heavy atom. The maximum atomic E-state index is 4.05. The summed E-state index contributed by atoms with van der Waals surface area (Å²) in [7, 11) is 0. The van der Waals surface area contributed by atoms with Gasteiger partial charge < -0.3 is 5.32 Å². The van der Waals surface area contributed by atoms with E-state index in [1.807, 2.05) is 6.92 Å². The first-order chi connectivity index (χ1) is 3.77. The fourth-order valence-corrected chi connectivity index (χ4v) is 0.539. The van der Waals surface area contributed by atoms with Crippen LogP contribution in [-0.2, 0) is 0 Å². The zero-order valence-electron chi connectivity index (χ0n) is 5.28. The lowest BCUT2D eigenvalue weighted by molar-refractivity contribution is 0.779. The molecule has 0 aliphatic rings. The Morgan fingerprint density at radius 1 is 1.75 bits per heavy atom. The summed E-state index contributed by atoms with van der Waals surface area (Å²) in [5.41, 5.74) is 1.03. The van der Waals surface area contributed by atoms with E-state index in [0.717, 1.165) is 24.4 Å². The number of thiol groups is 1. The van der Waals surface area contributed by atoms with Crippen molar-refractivity contribution in [3.05, 3.63) is 12.3 Å². The van der Waals surface area contributed by atoms with Crippen LogP contribution in [0.4, 0.5) is 0 Å². The molecule has 0 aliphatic carbocycles. The van der Waals surface area contributed by atoms with Crippen LogP contribution in [0.5, 0.6) is 0 Å². The van der Waals surface area contributed by atoms with Crippen molar-refractivity contribution in [2.75, 3.05) is 12.3 Å². The molecule has 8 heavy (non-hydrogen) atoms. The summed E-state index contributed by atoms with van der Waals surface area (Å²) >= 11 is 4.05. The van der Waals surface area contributed by atoms with Crippen molar-refractivity contribution in [3.8, 4) is 0 Å². The van der Waals surface area contributed by atoms with E-state index >= 15 is 0 Å². The topological polar surface area (TPSA) is 12.0 Å². The fourth-order valence-electron chi connectivity index (χ4n) is 0.381. The van der Waals surface area contributed by atoms with Gasteiger partial charge in [-0.05, 0) is 19.1 Å². The maximum absolute atomic E-state index is 4.05. The van der Waals surface area contributed by atoms with Crippen molar-refractivity contribution in [1.82, 2.24) is 5.32 Å². The minimum absolute atomic E-state index is 0.945. The van der Waals surface area contributed by atoms with Crippen LogP contribution in [0.15, 0.2) is 12.3 Å². The lowest BCUT2D eigenvalue weighted by atomic mass is 10.4. The third kappa shape index (κ3) is 5.89. The SMILES string of the molecule is C=C(C)NCCCS. The molecule has 0 rings (SSSR count). The van der Waals surface area contributed by atoms with Crippen LogP contribution in [0.2, 0.25) is 0 Å². The zero-order chi connectivity index (χ0) is 6.41. The second-order valence-electron chi connectivity index (χ2n) is 1.78. The molecule has 0 aliphatic heterocycles. The van der Waals surface area contributed by atoms with Crippen molar-refractivity contribution in [2.24, 2.45) is 0 Å². The van der Waals surface area contributed by atoms with Gasteiger partial charge in [0.1, 0.15) is 0 Å². The average Bonchev–Trinajstić information content (AvgIpc) is 1.66. The molecule has 0 saturated heterocycles. The van der Waals surface area contributed by atoms with Gasteiger partial charge in [0.05, 0.1) is 0 Å². The van der Waals surface area contributed by atoms with Gasteiger partial charge in [0.15, 0.2) is 0 Å². The van der Waals surface area contributed by atoms with E-state index in [9.17, 15) is 0 Å². The van der Waals surface area contributed by atoms with Crippen molar-refractivity contribution < 1.29 is 0 Å². The Labute approximate surface area is 56.6 Å². The number of nitrogens with one attached hydrogen (secondary N) is 1. The summed E-state index contributed by atoms with van der Waals surface area (Å²) in [4.78, 5) is 0. The number of allylic oxidation sites excluding steroid dienone is 1. The van der Waals surface area contributed by atoms with Gasteiger partial charge in [-0.15, -0.1) is 0 Å².